The number of nitrogens with zero attached hydrogens (tertiary/aromatic N) is 2. The minimum Gasteiger partial charge on any atom is -0.324 e. The average molecular weight is 363 g/mol. The van der Waals surface area contributed by atoms with Crippen molar-refractivity contribution in [2.45, 2.75) is 6.04 Å². The number of carbonyl (C=O) groups is 1. The van der Waals surface area contributed by atoms with Crippen LogP contribution in [0.1, 0.15) is 11.6 Å². The zero-order valence-electron chi connectivity index (χ0n) is 13.6. The van der Waals surface area contributed by atoms with Gasteiger partial charge < -0.3 is 5.32 Å². The number of carbonyl (C=O) groups excluding carboxylic acids is 1. The summed E-state index contributed by atoms with van der Waals surface area (Å²) in [5.74, 6) is -0.611. The number of benzene rings is 2. The molecule has 2 rings (SSSR count). The van der Waals surface area contributed by atoms with Gasteiger partial charge in [-0.1, -0.05) is 36.4 Å². The molecule has 0 unspecified atom stereocenters. The first-order valence-corrected chi connectivity index (χ1v) is 9.08. The summed E-state index contributed by atoms with van der Waals surface area (Å²) in [4.78, 5) is 23.0. The molecule has 0 heterocycles. The molecule has 132 valence electrons. The summed E-state index contributed by atoms with van der Waals surface area (Å²) in [6, 6.07) is 12.7. The second kappa shape index (κ2) is 7.41. The molecule has 2 aromatic carbocycles. The molecule has 1 N–H and O–H groups in total. The third kappa shape index (κ3) is 4.61. The Labute approximate surface area is 145 Å². The van der Waals surface area contributed by atoms with Gasteiger partial charge in [-0.3, -0.25) is 14.9 Å². The Morgan fingerprint density at radius 3 is 2.36 bits per heavy atom. The molecule has 8 nitrogen and oxygen atoms in total. The van der Waals surface area contributed by atoms with Gasteiger partial charge in [-0.2, -0.15) is 4.31 Å². The van der Waals surface area contributed by atoms with E-state index in [1.165, 1.54) is 31.3 Å². The molecule has 9 heteroatoms. The van der Waals surface area contributed by atoms with Crippen LogP contribution in [0.3, 0.4) is 0 Å². The van der Waals surface area contributed by atoms with Gasteiger partial charge in [0.25, 0.3) is 5.69 Å². The maximum atomic E-state index is 12.7. The highest BCUT2D eigenvalue weighted by atomic mass is 32.2. The summed E-state index contributed by atoms with van der Waals surface area (Å²) in [7, 11) is -2.34. The van der Waals surface area contributed by atoms with Crippen molar-refractivity contribution in [3.05, 3.63) is 70.3 Å². The molecule has 0 saturated carbocycles. The Morgan fingerprint density at radius 1 is 1.16 bits per heavy atom. The van der Waals surface area contributed by atoms with Crippen molar-refractivity contribution in [1.82, 2.24) is 4.31 Å². The average Bonchev–Trinajstić information content (AvgIpc) is 2.55. The number of non-ortho nitro benzene ring substituents is 1. The first-order chi connectivity index (χ1) is 11.7. The number of nitro benzene ring substituents is 1. The lowest BCUT2D eigenvalue weighted by Gasteiger charge is -2.25. The Hall–Kier alpha value is -2.78. The molecule has 1 amide bonds. The van der Waals surface area contributed by atoms with E-state index in [0.717, 1.165) is 10.6 Å². The van der Waals surface area contributed by atoms with Gasteiger partial charge in [0.05, 0.1) is 11.2 Å². The molecule has 1 atom stereocenters. The van der Waals surface area contributed by atoms with Crippen LogP contribution < -0.4 is 5.32 Å². The SMILES string of the molecule is CN([C@@H](C(=O)Nc1cccc([N+](=O)[O-])c1)c1ccccc1)S(C)(=O)=O. The first kappa shape index (κ1) is 18.6. The molecule has 0 spiro atoms. The number of anilines is 1. The Kier molecular flexibility index (Phi) is 5.50. The lowest BCUT2D eigenvalue weighted by molar-refractivity contribution is -0.384. The molecule has 0 radical (unpaired) electrons. The van der Waals surface area contributed by atoms with Crippen LogP contribution in [0, 0.1) is 10.1 Å². The smallest absolute Gasteiger partial charge is 0.271 e. The number of likely N-dealkylation sites (N-methyl/N-ethyl adjacent to an activating group) is 1. The second-order valence-electron chi connectivity index (χ2n) is 5.39. The molecule has 0 fully saturated rings. The summed E-state index contributed by atoms with van der Waals surface area (Å²) >= 11 is 0. The van der Waals surface area contributed by atoms with Gasteiger partial charge in [0.1, 0.15) is 6.04 Å². The predicted molar refractivity (Wildman–Crippen MR) is 93.5 cm³/mol. The summed E-state index contributed by atoms with van der Waals surface area (Å²) in [6.45, 7) is 0. The van der Waals surface area contributed by atoms with Gasteiger partial charge in [-0.15, -0.1) is 0 Å². The van der Waals surface area contributed by atoms with E-state index in [2.05, 4.69) is 5.32 Å². The lowest BCUT2D eigenvalue weighted by Crippen LogP contribution is -2.38. The molecule has 0 aromatic heterocycles. The van der Waals surface area contributed by atoms with Crippen LogP contribution in [0.4, 0.5) is 11.4 Å². The van der Waals surface area contributed by atoms with Crippen molar-refractivity contribution in [2.75, 3.05) is 18.6 Å². The number of nitrogens with one attached hydrogen (secondary N) is 1. The quantitative estimate of drug-likeness (QED) is 0.625. The first-order valence-electron chi connectivity index (χ1n) is 7.23. The van der Waals surface area contributed by atoms with Crippen LogP contribution in [0.25, 0.3) is 0 Å². The van der Waals surface area contributed by atoms with Crippen LogP contribution in [-0.2, 0) is 14.8 Å². The number of hydrogen-bond donors (Lipinski definition) is 1. The van der Waals surface area contributed by atoms with Gasteiger partial charge in [0, 0.05) is 24.9 Å². The highest BCUT2D eigenvalue weighted by Crippen LogP contribution is 2.25. The molecular formula is C16H17N3O5S. The fraction of sp³-hybridized carbons (Fsp3) is 0.188. The summed E-state index contributed by atoms with van der Waals surface area (Å²) in [5.41, 5.74) is 0.519. The number of hydrogen-bond acceptors (Lipinski definition) is 5. The van der Waals surface area contributed by atoms with Crippen LogP contribution in [0.5, 0.6) is 0 Å². The van der Waals surface area contributed by atoms with Crippen molar-refractivity contribution in [3.8, 4) is 0 Å². The summed E-state index contributed by atoms with van der Waals surface area (Å²) in [5, 5.41) is 13.4. The second-order valence-corrected chi connectivity index (χ2v) is 7.43. The Balaban J connectivity index is 2.36. The van der Waals surface area contributed by atoms with Crippen molar-refractivity contribution < 1.29 is 18.1 Å². The number of amides is 1. The highest BCUT2D eigenvalue weighted by molar-refractivity contribution is 7.88. The topological polar surface area (TPSA) is 110 Å². The van der Waals surface area contributed by atoms with Gasteiger partial charge in [-0.25, -0.2) is 8.42 Å². The van der Waals surface area contributed by atoms with Crippen LogP contribution >= 0.6 is 0 Å². The molecule has 0 saturated heterocycles. The molecule has 25 heavy (non-hydrogen) atoms. The predicted octanol–water partition coefficient (Wildman–Crippen LogP) is 2.17. The van der Waals surface area contributed by atoms with Crippen molar-refractivity contribution in [1.29, 1.82) is 0 Å². The maximum Gasteiger partial charge on any atom is 0.271 e. The minimum absolute atomic E-state index is 0.175. The standard InChI is InChI=1S/C16H17N3O5S/c1-18(25(2,23)24)15(12-7-4-3-5-8-12)16(20)17-13-9-6-10-14(11-13)19(21)22/h3-11,15H,1-2H3,(H,17,20)/t15-/m1/s1. The molecule has 0 aliphatic rings. The van der Waals surface area contributed by atoms with E-state index in [-0.39, 0.29) is 11.4 Å². The zero-order valence-corrected chi connectivity index (χ0v) is 14.4. The molecule has 0 aliphatic carbocycles. The fourth-order valence-corrected chi connectivity index (χ4v) is 2.86. The minimum atomic E-state index is -3.64. The third-order valence-electron chi connectivity index (χ3n) is 3.57. The highest BCUT2D eigenvalue weighted by Gasteiger charge is 2.30. The molecule has 2 aromatic rings. The van der Waals surface area contributed by atoms with Gasteiger partial charge in [-0.05, 0) is 11.6 Å². The van der Waals surface area contributed by atoms with E-state index in [0.29, 0.717) is 5.56 Å². The van der Waals surface area contributed by atoms with E-state index in [1.807, 2.05) is 0 Å². The molecule has 0 aliphatic heterocycles. The van der Waals surface area contributed by atoms with Crippen LogP contribution in [0.15, 0.2) is 54.6 Å². The number of rotatable bonds is 6. The normalized spacial score (nSPS) is 12.6. The number of sulfonamides is 1. The van der Waals surface area contributed by atoms with E-state index >= 15 is 0 Å². The zero-order chi connectivity index (χ0) is 18.6. The van der Waals surface area contributed by atoms with Gasteiger partial charge in [0.2, 0.25) is 15.9 Å². The lowest BCUT2D eigenvalue weighted by atomic mass is 10.1. The summed E-state index contributed by atoms with van der Waals surface area (Å²) in [6.07, 6.45) is 1.00. The van der Waals surface area contributed by atoms with Gasteiger partial charge in [0.15, 0.2) is 0 Å². The third-order valence-corrected chi connectivity index (χ3v) is 4.83. The Bertz CT molecular complexity index is 884. The monoisotopic (exact) mass is 363 g/mol. The molecule has 0 bridgehead atoms. The van der Waals surface area contributed by atoms with Crippen LogP contribution in [0.2, 0.25) is 0 Å². The van der Waals surface area contributed by atoms with Crippen molar-refractivity contribution in [3.63, 3.8) is 0 Å². The van der Waals surface area contributed by atoms with E-state index in [4.69, 9.17) is 0 Å². The Morgan fingerprint density at radius 2 is 1.80 bits per heavy atom. The van der Waals surface area contributed by atoms with Crippen LogP contribution in [-0.4, -0.2) is 36.9 Å². The van der Waals surface area contributed by atoms with Crippen molar-refractivity contribution >= 4 is 27.3 Å². The largest absolute Gasteiger partial charge is 0.324 e. The molecular weight excluding hydrogens is 346 g/mol. The fourth-order valence-electron chi connectivity index (χ4n) is 2.26. The van der Waals surface area contributed by atoms with Gasteiger partial charge >= 0.3 is 0 Å². The van der Waals surface area contributed by atoms with E-state index < -0.39 is 26.9 Å². The number of nitro groups is 1. The summed E-state index contributed by atoms with van der Waals surface area (Å²) < 4.78 is 24.8. The van der Waals surface area contributed by atoms with E-state index in [9.17, 15) is 23.3 Å². The van der Waals surface area contributed by atoms with E-state index in [1.54, 1.807) is 30.3 Å². The van der Waals surface area contributed by atoms with Crippen molar-refractivity contribution in [2.24, 2.45) is 0 Å². The maximum absolute atomic E-state index is 12.7.